The quantitative estimate of drug-likeness (QED) is 0.137. The number of amides is 4. The number of carboxylic acid groups (broad SMARTS) is 1. The summed E-state index contributed by atoms with van der Waals surface area (Å²) in [5.74, 6) is -4.15. The summed E-state index contributed by atoms with van der Waals surface area (Å²) in [5, 5.41) is 16.3. The summed E-state index contributed by atoms with van der Waals surface area (Å²) in [5.41, 5.74) is 11.0. The summed E-state index contributed by atoms with van der Waals surface area (Å²) < 4.78 is 0. The minimum Gasteiger partial charge on any atom is -0.480 e. The number of carboxylic acids is 1. The standard InChI is InChI=1S/C18H33N5O6S2/c1-4-9(2)14(23-15(25)10(19)5-6-31-3)17(27)21-11(7-13(20)24)16(26)22-12(8-30)18(28)29/h9-12,14,30H,4-8,19H2,1-3H3,(H2,20,24)(H,21,27)(H,22,26)(H,23,25)(H,28,29). The number of nitrogens with two attached hydrogens (primary N) is 2. The first-order chi connectivity index (χ1) is 14.5. The number of primary amides is 1. The fraction of sp³-hybridized carbons (Fsp3) is 0.722. The molecule has 0 fully saturated rings. The molecule has 0 aromatic rings. The van der Waals surface area contributed by atoms with E-state index >= 15 is 0 Å². The van der Waals surface area contributed by atoms with Gasteiger partial charge in [-0.15, -0.1) is 0 Å². The van der Waals surface area contributed by atoms with E-state index in [-0.39, 0.29) is 11.7 Å². The van der Waals surface area contributed by atoms with Crippen LogP contribution in [-0.4, -0.2) is 76.6 Å². The zero-order valence-corrected chi connectivity index (χ0v) is 19.6. The Labute approximate surface area is 191 Å². The van der Waals surface area contributed by atoms with Crippen LogP contribution in [0.2, 0.25) is 0 Å². The van der Waals surface area contributed by atoms with Crippen molar-refractivity contribution < 1.29 is 29.1 Å². The summed E-state index contributed by atoms with van der Waals surface area (Å²) in [6, 6.07) is -4.55. The summed E-state index contributed by atoms with van der Waals surface area (Å²) in [4.78, 5) is 60.2. The van der Waals surface area contributed by atoms with Crippen LogP contribution in [0.25, 0.3) is 0 Å². The molecule has 0 aliphatic heterocycles. The molecule has 0 rings (SSSR count). The highest BCUT2D eigenvalue weighted by molar-refractivity contribution is 7.98. The van der Waals surface area contributed by atoms with Gasteiger partial charge in [-0.3, -0.25) is 19.2 Å². The monoisotopic (exact) mass is 479 g/mol. The molecular formula is C18H33N5O6S2. The lowest BCUT2D eigenvalue weighted by atomic mass is 9.97. The SMILES string of the molecule is CCC(C)C(NC(=O)C(N)CCSC)C(=O)NC(CC(N)=O)C(=O)NC(CS)C(=O)O. The van der Waals surface area contributed by atoms with Crippen LogP contribution < -0.4 is 27.4 Å². The molecule has 5 unspecified atom stereocenters. The van der Waals surface area contributed by atoms with E-state index < -0.39 is 60.2 Å². The van der Waals surface area contributed by atoms with Gasteiger partial charge < -0.3 is 32.5 Å². The average Bonchev–Trinajstić information content (AvgIpc) is 2.71. The first-order valence-electron chi connectivity index (χ1n) is 9.75. The zero-order valence-electron chi connectivity index (χ0n) is 17.9. The first-order valence-corrected chi connectivity index (χ1v) is 11.8. The van der Waals surface area contributed by atoms with E-state index in [1.165, 1.54) is 11.8 Å². The van der Waals surface area contributed by atoms with Crippen LogP contribution >= 0.6 is 24.4 Å². The van der Waals surface area contributed by atoms with Gasteiger partial charge >= 0.3 is 5.97 Å². The Kier molecular flexibility index (Phi) is 14.0. The van der Waals surface area contributed by atoms with E-state index in [2.05, 4.69) is 28.6 Å². The van der Waals surface area contributed by atoms with Gasteiger partial charge in [0.25, 0.3) is 0 Å². The molecule has 0 aromatic carbocycles. The zero-order chi connectivity index (χ0) is 24.1. The van der Waals surface area contributed by atoms with Crippen molar-refractivity contribution in [1.82, 2.24) is 16.0 Å². The summed E-state index contributed by atoms with van der Waals surface area (Å²) in [7, 11) is 0. The number of carbonyl (C=O) groups is 5. The maximum Gasteiger partial charge on any atom is 0.327 e. The van der Waals surface area contributed by atoms with Crippen molar-refractivity contribution in [2.45, 2.75) is 57.3 Å². The number of thioether (sulfide) groups is 1. The molecule has 0 heterocycles. The van der Waals surface area contributed by atoms with Crippen LogP contribution in [0.15, 0.2) is 0 Å². The van der Waals surface area contributed by atoms with Crippen molar-refractivity contribution in [3.63, 3.8) is 0 Å². The third-order valence-electron chi connectivity index (χ3n) is 4.60. The van der Waals surface area contributed by atoms with Crippen molar-refractivity contribution in [2.24, 2.45) is 17.4 Å². The van der Waals surface area contributed by atoms with Crippen LogP contribution in [0, 0.1) is 5.92 Å². The van der Waals surface area contributed by atoms with Crippen LogP contribution in [-0.2, 0) is 24.0 Å². The summed E-state index contributed by atoms with van der Waals surface area (Å²) in [6.45, 7) is 3.56. The molecule has 31 heavy (non-hydrogen) atoms. The molecule has 0 aliphatic carbocycles. The molecule has 0 radical (unpaired) electrons. The third kappa shape index (κ3) is 10.7. The average molecular weight is 480 g/mol. The minimum atomic E-state index is -1.42. The predicted octanol–water partition coefficient (Wildman–Crippen LogP) is -1.54. The molecule has 13 heteroatoms. The van der Waals surface area contributed by atoms with E-state index in [0.29, 0.717) is 18.6 Å². The number of nitrogens with one attached hydrogen (secondary N) is 3. The van der Waals surface area contributed by atoms with Crippen molar-refractivity contribution in [1.29, 1.82) is 0 Å². The van der Waals surface area contributed by atoms with Crippen LogP contribution in [0.1, 0.15) is 33.1 Å². The number of hydrogen-bond donors (Lipinski definition) is 7. The lowest BCUT2D eigenvalue weighted by Crippen LogP contribution is -2.59. The van der Waals surface area contributed by atoms with Gasteiger partial charge in [0, 0.05) is 5.75 Å². The van der Waals surface area contributed by atoms with E-state index in [1.807, 2.05) is 13.2 Å². The molecule has 5 atom stereocenters. The lowest BCUT2D eigenvalue weighted by molar-refractivity contribution is -0.141. The number of thiol groups is 1. The molecular weight excluding hydrogens is 446 g/mol. The molecule has 0 saturated carbocycles. The minimum absolute atomic E-state index is 0.197. The van der Waals surface area contributed by atoms with Gasteiger partial charge in [0.05, 0.1) is 12.5 Å². The van der Waals surface area contributed by atoms with Gasteiger partial charge in [-0.25, -0.2) is 4.79 Å². The Hall–Kier alpha value is -1.99. The second-order valence-corrected chi connectivity index (χ2v) is 8.42. The van der Waals surface area contributed by atoms with Gasteiger partial charge in [0.15, 0.2) is 0 Å². The Morgan fingerprint density at radius 3 is 2.06 bits per heavy atom. The van der Waals surface area contributed by atoms with Crippen molar-refractivity contribution >= 4 is 54.0 Å². The summed E-state index contributed by atoms with van der Waals surface area (Å²) in [6.07, 6.45) is 2.29. The normalized spacial score (nSPS) is 15.6. The molecule has 11 nitrogen and oxygen atoms in total. The van der Waals surface area contributed by atoms with Gasteiger partial charge in [-0.1, -0.05) is 20.3 Å². The molecule has 0 spiro atoms. The Balaban J connectivity index is 5.44. The molecule has 0 bridgehead atoms. The number of rotatable bonds is 15. The van der Waals surface area contributed by atoms with Crippen molar-refractivity contribution in [2.75, 3.05) is 17.8 Å². The Bertz CT molecular complexity index is 651. The highest BCUT2D eigenvalue weighted by Crippen LogP contribution is 2.10. The van der Waals surface area contributed by atoms with Gasteiger partial charge in [-0.05, 0) is 24.3 Å². The van der Waals surface area contributed by atoms with E-state index in [4.69, 9.17) is 16.6 Å². The maximum atomic E-state index is 12.9. The van der Waals surface area contributed by atoms with E-state index in [0.717, 1.165) is 0 Å². The van der Waals surface area contributed by atoms with E-state index in [1.54, 1.807) is 6.92 Å². The second-order valence-electron chi connectivity index (χ2n) is 7.07. The second kappa shape index (κ2) is 14.9. The lowest BCUT2D eigenvalue weighted by Gasteiger charge is -2.27. The fourth-order valence-electron chi connectivity index (χ4n) is 2.47. The van der Waals surface area contributed by atoms with Crippen LogP contribution in [0.5, 0.6) is 0 Å². The van der Waals surface area contributed by atoms with Gasteiger partial charge in [-0.2, -0.15) is 24.4 Å². The third-order valence-corrected chi connectivity index (χ3v) is 5.61. The maximum absolute atomic E-state index is 12.9. The Morgan fingerprint density at radius 2 is 1.61 bits per heavy atom. The smallest absolute Gasteiger partial charge is 0.327 e. The largest absolute Gasteiger partial charge is 0.480 e. The molecule has 0 aromatic heterocycles. The first kappa shape index (κ1) is 29.0. The van der Waals surface area contributed by atoms with Crippen LogP contribution in [0.4, 0.5) is 0 Å². The summed E-state index contributed by atoms with van der Waals surface area (Å²) >= 11 is 5.39. The molecule has 4 amide bonds. The number of carbonyl (C=O) groups excluding carboxylic acids is 4. The van der Waals surface area contributed by atoms with E-state index in [9.17, 15) is 24.0 Å². The van der Waals surface area contributed by atoms with Crippen LogP contribution in [0.3, 0.4) is 0 Å². The Morgan fingerprint density at radius 1 is 1.03 bits per heavy atom. The van der Waals surface area contributed by atoms with Gasteiger partial charge in [0.1, 0.15) is 18.1 Å². The molecule has 178 valence electrons. The number of aliphatic carboxylic acids is 1. The molecule has 8 N–H and O–H groups in total. The van der Waals surface area contributed by atoms with Crippen molar-refractivity contribution in [3.8, 4) is 0 Å². The van der Waals surface area contributed by atoms with Gasteiger partial charge in [0.2, 0.25) is 23.6 Å². The topological polar surface area (TPSA) is 194 Å². The fourth-order valence-corrected chi connectivity index (χ4v) is 3.20. The number of hydrogen-bond acceptors (Lipinski definition) is 8. The van der Waals surface area contributed by atoms with Crippen molar-refractivity contribution in [3.05, 3.63) is 0 Å². The molecule has 0 aliphatic rings. The highest BCUT2D eigenvalue weighted by Gasteiger charge is 2.32. The predicted molar refractivity (Wildman–Crippen MR) is 122 cm³/mol. The highest BCUT2D eigenvalue weighted by atomic mass is 32.2. The molecule has 0 saturated heterocycles.